The Kier molecular flexibility index (Phi) is 6.01. The maximum atomic E-state index is 14.4. The molecule has 160 valence electrons. The molecule has 1 aliphatic heterocycles. The lowest BCUT2D eigenvalue weighted by Crippen LogP contribution is -2.28. The van der Waals surface area contributed by atoms with Crippen LogP contribution in [-0.2, 0) is 4.74 Å². The Labute approximate surface area is 177 Å². The molecule has 6 nitrogen and oxygen atoms in total. The van der Waals surface area contributed by atoms with Gasteiger partial charge in [0.25, 0.3) is 0 Å². The van der Waals surface area contributed by atoms with Crippen LogP contribution in [0, 0.1) is 19.7 Å². The third-order valence-electron chi connectivity index (χ3n) is 6.09. The summed E-state index contributed by atoms with van der Waals surface area (Å²) < 4.78 is 21.8. The van der Waals surface area contributed by atoms with Crippen molar-refractivity contribution >= 4 is 11.5 Å². The van der Waals surface area contributed by atoms with Gasteiger partial charge in [-0.1, -0.05) is 18.2 Å². The number of likely N-dealkylation sites (N-methyl/N-ethyl adjacent to an activating group) is 1. The summed E-state index contributed by atoms with van der Waals surface area (Å²) in [4.78, 5) is 6.77. The van der Waals surface area contributed by atoms with E-state index < -0.39 is 0 Å². The van der Waals surface area contributed by atoms with Crippen LogP contribution in [0.5, 0.6) is 0 Å². The first-order valence-electron chi connectivity index (χ1n) is 10.5. The number of aryl methyl sites for hydroxylation is 1. The third-order valence-corrected chi connectivity index (χ3v) is 6.09. The van der Waals surface area contributed by atoms with Crippen molar-refractivity contribution in [3.05, 3.63) is 58.7 Å². The maximum absolute atomic E-state index is 14.4. The van der Waals surface area contributed by atoms with Crippen LogP contribution < -0.4 is 5.32 Å². The second kappa shape index (κ2) is 8.70. The van der Waals surface area contributed by atoms with E-state index in [2.05, 4.69) is 11.4 Å². The quantitative estimate of drug-likeness (QED) is 0.662. The predicted octanol–water partition coefficient (Wildman–Crippen LogP) is 4.09. The van der Waals surface area contributed by atoms with E-state index in [0.717, 1.165) is 54.5 Å². The zero-order valence-corrected chi connectivity index (χ0v) is 18.2. The van der Waals surface area contributed by atoms with E-state index >= 15 is 0 Å². The Balaban J connectivity index is 1.66. The van der Waals surface area contributed by atoms with E-state index in [0.29, 0.717) is 18.0 Å². The minimum atomic E-state index is -0.188. The lowest BCUT2D eigenvalue weighted by molar-refractivity contribution is 0.0844. The molecule has 3 aromatic rings. The molecule has 2 aromatic heterocycles. The molecule has 1 unspecified atom stereocenters. The highest BCUT2D eigenvalue weighted by Crippen LogP contribution is 2.29. The Morgan fingerprint density at radius 3 is 2.67 bits per heavy atom. The first kappa shape index (κ1) is 20.8. The van der Waals surface area contributed by atoms with Gasteiger partial charge in [-0.2, -0.15) is 9.61 Å². The van der Waals surface area contributed by atoms with Crippen molar-refractivity contribution in [3.8, 4) is 0 Å². The highest BCUT2D eigenvalue weighted by molar-refractivity contribution is 5.56. The molecule has 0 spiro atoms. The molecule has 1 aliphatic rings. The molecule has 1 aromatic carbocycles. The predicted molar refractivity (Wildman–Crippen MR) is 117 cm³/mol. The molecular formula is C23H30FN5O. The molecule has 1 saturated heterocycles. The minimum Gasteiger partial charge on any atom is -0.381 e. The summed E-state index contributed by atoms with van der Waals surface area (Å²) in [6.45, 7) is 6.18. The van der Waals surface area contributed by atoms with Crippen LogP contribution in [0.3, 0.4) is 0 Å². The van der Waals surface area contributed by atoms with Crippen LogP contribution in [0.4, 0.5) is 10.2 Å². The largest absolute Gasteiger partial charge is 0.381 e. The zero-order valence-electron chi connectivity index (χ0n) is 18.2. The topological polar surface area (TPSA) is 54.7 Å². The first-order chi connectivity index (χ1) is 14.5. The maximum Gasteiger partial charge on any atom is 0.157 e. The van der Waals surface area contributed by atoms with Gasteiger partial charge in [-0.3, -0.25) is 0 Å². The number of anilines is 1. The van der Waals surface area contributed by atoms with Gasteiger partial charge in [0.05, 0.1) is 11.7 Å². The molecule has 30 heavy (non-hydrogen) atoms. The van der Waals surface area contributed by atoms with Crippen molar-refractivity contribution in [2.75, 3.05) is 39.2 Å². The molecule has 3 heterocycles. The molecule has 0 aliphatic carbocycles. The van der Waals surface area contributed by atoms with Gasteiger partial charge in [-0.15, -0.1) is 0 Å². The van der Waals surface area contributed by atoms with E-state index in [1.165, 1.54) is 6.07 Å². The summed E-state index contributed by atoms with van der Waals surface area (Å²) in [5.74, 6) is 1.13. The standard InChI is InChI=1S/C23H30FN5O/c1-15-16(2)26-22-13-20(17-9-11-30-12-10-17)27-29(22)23(15)25-14-21(28(3)4)18-7-5-6-8-19(18)24/h5-8,13,17,21,25H,9-12,14H2,1-4H3. The molecular weight excluding hydrogens is 381 g/mol. The number of hydrogen-bond donors (Lipinski definition) is 1. The molecule has 4 rings (SSSR count). The van der Waals surface area contributed by atoms with Crippen LogP contribution in [0.2, 0.25) is 0 Å². The molecule has 0 bridgehead atoms. The van der Waals surface area contributed by atoms with Gasteiger partial charge in [-0.25, -0.2) is 9.37 Å². The summed E-state index contributed by atoms with van der Waals surface area (Å²) in [7, 11) is 3.94. The number of fused-ring (bicyclic) bond motifs is 1. The number of benzene rings is 1. The van der Waals surface area contributed by atoms with E-state index in [1.807, 2.05) is 49.5 Å². The molecule has 1 fully saturated rings. The summed E-state index contributed by atoms with van der Waals surface area (Å²) >= 11 is 0. The minimum absolute atomic E-state index is 0.111. The summed E-state index contributed by atoms with van der Waals surface area (Å²) in [6.07, 6.45) is 1.97. The fourth-order valence-electron chi connectivity index (χ4n) is 4.13. The zero-order chi connectivity index (χ0) is 21.3. The Bertz CT molecular complexity index is 1030. The van der Waals surface area contributed by atoms with Gasteiger partial charge in [0.2, 0.25) is 0 Å². The van der Waals surface area contributed by atoms with Crippen molar-refractivity contribution in [2.45, 2.75) is 38.6 Å². The van der Waals surface area contributed by atoms with Gasteiger partial charge >= 0.3 is 0 Å². The average Bonchev–Trinajstić information content (AvgIpc) is 3.16. The van der Waals surface area contributed by atoms with Crippen LogP contribution in [0.25, 0.3) is 5.65 Å². The number of aromatic nitrogens is 3. The van der Waals surface area contributed by atoms with Gasteiger partial charge < -0.3 is 15.0 Å². The number of hydrogen-bond acceptors (Lipinski definition) is 5. The van der Waals surface area contributed by atoms with Crippen molar-refractivity contribution in [1.29, 1.82) is 0 Å². The van der Waals surface area contributed by atoms with E-state index in [-0.39, 0.29) is 11.9 Å². The summed E-state index contributed by atoms with van der Waals surface area (Å²) in [5, 5.41) is 8.45. The molecule has 0 amide bonds. The lowest BCUT2D eigenvalue weighted by atomic mass is 9.97. The Morgan fingerprint density at radius 2 is 1.97 bits per heavy atom. The fourth-order valence-corrected chi connectivity index (χ4v) is 4.13. The normalized spacial score (nSPS) is 16.3. The SMILES string of the molecule is Cc1nc2cc(C3CCOCC3)nn2c(NCC(c2ccccc2F)N(C)C)c1C. The van der Waals surface area contributed by atoms with Gasteiger partial charge in [0.15, 0.2) is 5.65 Å². The Hall–Kier alpha value is -2.51. The summed E-state index contributed by atoms with van der Waals surface area (Å²) in [6, 6.07) is 8.94. The molecule has 7 heteroatoms. The lowest BCUT2D eigenvalue weighted by Gasteiger charge is -2.26. The van der Waals surface area contributed by atoms with E-state index in [4.69, 9.17) is 14.8 Å². The summed E-state index contributed by atoms with van der Waals surface area (Å²) in [5.41, 5.74) is 4.61. The third kappa shape index (κ3) is 4.04. The monoisotopic (exact) mass is 411 g/mol. The van der Waals surface area contributed by atoms with Crippen molar-refractivity contribution in [2.24, 2.45) is 0 Å². The second-order valence-electron chi connectivity index (χ2n) is 8.28. The number of rotatable bonds is 6. The molecule has 0 saturated carbocycles. The number of nitrogens with one attached hydrogen (secondary N) is 1. The molecule has 1 N–H and O–H groups in total. The molecule has 1 atom stereocenters. The van der Waals surface area contributed by atoms with Gasteiger partial charge in [0, 0.05) is 48.6 Å². The van der Waals surface area contributed by atoms with Gasteiger partial charge in [0.1, 0.15) is 11.6 Å². The Morgan fingerprint density at radius 1 is 1.23 bits per heavy atom. The van der Waals surface area contributed by atoms with Crippen molar-refractivity contribution in [1.82, 2.24) is 19.5 Å². The van der Waals surface area contributed by atoms with Crippen LogP contribution >= 0.6 is 0 Å². The van der Waals surface area contributed by atoms with E-state index in [1.54, 1.807) is 6.07 Å². The fraction of sp³-hybridized carbons (Fsp3) is 0.478. The van der Waals surface area contributed by atoms with Crippen LogP contribution in [0.1, 0.15) is 47.3 Å². The average molecular weight is 412 g/mol. The van der Waals surface area contributed by atoms with Crippen LogP contribution in [-0.4, -0.2) is 53.4 Å². The smallest absolute Gasteiger partial charge is 0.157 e. The van der Waals surface area contributed by atoms with Gasteiger partial charge in [-0.05, 0) is 46.9 Å². The second-order valence-corrected chi connectivity index (χ2v) is 8.28. The molecule has 0 radical (unpaired) electrons. The number of halogens is 1. The van der Waals surface area contributed by atoms with E-state index in [9.17, 15) is 4.39 Å². The highest BCUT2D eigenvalue weighted by Gasteiger charge is 2.22. The highest BCUT2D eigenvalue weighted by atomic mass is 19.1. The van der Waals surface area contributed by atoms with Crippen LogP contribution in [0.15, 0.2) is 30.3 Å². The first-order valence-corrected chi connectivity index (χ1v) is 10.5. The van der Waals surface area contributed by atoms with Crippen molar-refractivity contribution in [3.63, 3.8) is 0 Å². The number of ether oxygens (including phenoxy) is 1. The van der Waals surface area contributed by atoms with Crippen molar-refractivity contribution < 1.29 is 9.13 Å². The number of nitrogens with zero attached hydrogens (tertiary/aromatic N) is 4.